The zero-order valence-electron chi connectivity index (χ0n) is 40.6. The summed E-state index contributed by atoms with van der Waals surface area (Å²) >= 11 is 0. The fraction of sp³-hybridized carbons (Fsp3) is 0.0143. The van der Waals surface area contributed by atoms with Gasteiger partial charge in [-0.25, -0.2) is 4.98 Å². The van der Waals surface area contributed by atoms with E-state index in [1.54, 1.807) is 0 Å². The number of hydrogen-bond donors (Lipinski definition) is 0. The van der Waals surface area contributed by atoms with Gasteiger partial charge < -0.3 is 4.57 Å². The van der Waals surface area contributed by atoms with E-state index >= 15 is 0 Å². The third kappa shape index (κ3) is 5.92. The quantitative estimate of drug-likeness (QED) is 0.156. The Morgan fingerprint density at radius 2 is 0.800 bits per heavy atom. The summed E-state index contributed by atoms with van der Waals surface area (Å²) in [6.07, 6.45) is 0. The van der Waals surface area contributed by atoms with Crippen LogP contribution in [0.3, 0.4) is 0 Å². The van der Waals surface area contributed by atoms with Gasteiger partial charge in [-0.1, -0.05) is 224 Å². The Bertz CT molecular complexity index is 4750. The van der Waals surface area contributed by atoms with Crippen molar-refractivity contribution in [2.75, 3.05) is 0 Å². The average molecular weight is 954 g/mol. The molecular formula is C70H43N5. The minimum absolute atomic E-state index is 0.553. The molecule has 5 nitrogen and oxygen atoms in total. The molecule has 0 fully saturated rings. The standard InChI is InChI=1S/C70H43N5/c1-4-20-44(21-5-1)67-71-68(45-36-38-55-54-30-14-17-33-60(54)70(61(55)42-45,46-22-6-2-7-23-46)47-24-8-3-9-25-47)73-69(72-67)75-63-35-19-16-32-58(63)65-64(75)41-40-57-56-31-15-18-34-62(56)74(66(57)65)48-37-39-53-51-28-11-10-26-49(51)50-27-12-13-29-52(50)59(53)43-48/h1-43H. The van der Waals surface area contributed by atoms with Gasteiger partial charge in [-0.05, 0) is 102 Å². The van der Waals surface area contributed by atoms with Crippen molar-refractivity contribution in [2.24, 2.45) is 0 Å². The molecular weight excluding hydrogens is 911 g/mol. The van der Waals surface area contributed by atoms with Gasteiger partial charge in [0.2, 0.25) is 5.95 Å². The maximum Gasteiger partial charge on any atom is 0.238 e. The molecule has 1 aliphatic carbocycles. The van der Waals surface area contributed by atoms with Crippen LogP contribution in [0.1, 0.15) is 22.3 Å². The SMILES string of the molecule is c1ccc(-c2nc(-c3ccc4c(c3)C(c3ccccc3)(c3ccccc3)c3ccccc3-4)nc(-n3c4ccccc4c4c3ccc3c5ccccc5n(-c5ccc6c7ccccc7c7ccccc7c6c5)c34)n2)cc1. The molecule has 0 saturated heterocycles. The van der Waals surface area contributed by atoms with Crippen molar-refractivity contribution in [3.63, 3.8) is 0 Å². The minimum Gasteiger partial charge on any atom is -0.309 e. The molecule has 1 aliphatic rings. The predicted molar refractivity (Wildman–Crippen MR) is 309 cm³/mol. The molecule has 16 rings (SSSR count). The van der Waals surface area contributed by atoms with E-state index in [-0.39, 0.29) is 0 Å². The van der Waals surface area contributed by atoms with Gasteiger partial charge in [0, 0.05) is 38.4 Å². The van der Waals surface area contributed by atoms with Gasteiger partial charge in [-0.3, -0.25) is 4.57 Å². The number of fused-ring (bicyclic) bond motifs is 16. The number of benzene rings is 12. The van der Waals surface area contributed by atoms with Crippen molar-refractivity contribution in [1.29, 1.82) is 0 Å². The number of rotatable bonds is 6. The molecule has 0 unspecified atom stereocenters. The maximum atomic E-state index is 5.57. The highest BCUT2D eigenvalue weighted by Crippen LogP contribution is 2.57. The second-order valence-corrected chi connectivity index (χ2v) is 19.8. The van der Waals surface area contributed by atoms with E-state index in [9.17, 15) is 0 Å². The lowest BCUT2D eigenvalue weighted by Gasteiger charge is -2.34. The van der Waals surface area contributed by atoms with Crippen LogP contribution in [0.4, 0.5) is 0 Å². The fourth-order valence-electron chi connectivity index (χ4n) is 12.9. The molecule has 0 atom stereocenters. The second kappa shape index (κ2) is 16.0. The lowest BCUT2D eigenvalue weighted by Crippen LogP contribution is -2.28. The van der Waals surface area contributed by atoms with E-state index in [2.05, 4.69) is 252 Å². The molecule has 5 heteroatoms. The summed E-state index contributed by atoms with van der Waals surface area (Å²) in [5.41, 5.74) is 14.0. The second-order valence-electron chi connectivity index (χ2n) is 19.8. The molecule has 0 bridgehead atoms. The van der Waals surface area contributed by atoms with Crippen molar-refractivity contribution in [2.45, 2.75) is 5.41 Å². The van der Waals surface area contributed by atoms with Gasteiger partial charge in [-0.2, -0.15) is 9.97 Å². The topological polar surface area (TPSA) is 48.5 Å². The third-order valence-electron chi connectivity index (χ3n) is 16.0. The first-order valence-electron chi connectivity index (χ1n) is 25.7. The molecule has 0 radical (unpaired) electrons. The van der Waals surface area contributed by atoms with Crippen molar-refractivity contribution < 1.29 is 0 Å². The van der Waals surface area contributed by atoms with E-state index in [0.29, 0.717) is 17.6 Å². The van der Waals surface area contributed by atoms with Crippen LogP contribution in [0.5, 0.6) is 0 Å². The van der Waals surface area contributed by atoms with E-state index in [4.69, 9.17) is 15.0 Å². The maximum absolute atomic E-state index is 5.57. The Balaban J connectivity index is 0.965. The number of aromatic nitrogens is 5. The zero-order chi connectivity index (χ0) is 49.2. The summed E-state index contributed by atoms with van der Waals surface area (Å²) < 4.78 is 4.74. The fourth-order valence-corrected chi connectivity index (χ4v) is 12.9. The first kappa shape index (κ1) is 41.6. The number of nitrogens with zero attached hydrogens (tertiary/aromatic N) is 5. The first-order chi connectivity index (χ1) is 37.2. The molecule has 3 aromatic heterocycles. The lowest BCUT2D eigenvalue weighted by atomic mass is 9.67. The summed E-state index contributed by atoms with van der Waals surface area (Å²) in [5, 5.41) is 12.1. The Morgan fingerprint density at radius 3 is 1.48 bits per heavy atom. The highest BCUT2D eigenvalue weighted by atomic mass is 15.2. The summed E-state index contributed by atoms with van der Waals surface area (Å²) in [7, 11) is 0. The summed E-state index contributed by atoms with van der Waals surface area (Å²) in [5.74, 6) is 1.76. The molecule has 12 aromatic carbocycles. The molecule has 0 spiro atoms. The van der Waals surface area contributed by atoms with Gasteiger partial charge >= 0.3 is 0 Å². The molecule has 15 aromatic rings. The van der Waals surface area contributed by atoms with Gasteiger partial charge in [0.05, 0.1) is 27.5 Å². The lowest BCUT2D eigenvalue weighted by molar-refractivity contribution is 0.768. The smallest absolute Gasteiger partial charge is 0.238 e. The summed E-state index contributed by atoms with van der Waals surface area (Å²) in [6.45, 7) is 0. The monoisotopic (exact) mass is 953 g/mol. The van der Waals surface area contributed by atoms with Crippen molar-refractivity contribution >= 4 is 75.9 Å². The molecule has 348 valence electrons. The molecule has 75 heavy (non-hydrogen) atoms. The van der Waals surface area contributed by atoms with E-state index < -0.39 is 5.41 Å². The molecule has 0 N–H and O–H groups in total. The predicted octanol–water partition coefficient (Wildman–Crippen LogP) is 17.2. The normalized spacial score (nSPS) is 12.9. The molecule has 3 heterocycles. The Morgan fingerprint density at radius 1 is 0.293 bits per heavy atom. The number of hydrogen-bond acceptors (Lipinski definition) is 3. The molecule has 0 amide bonds. The van der Waals surface area contributed by atoms with Crippen LogP contribution in [0.25, 0.3) is 121 Å². The largest absolute Gasteiger partial charge is 0.309 e. The van der Waals surface area contributed by atoms with Crippen LogP contribution in [-0.4, -0.2) is 24.1 Å². The Labute approximate surface area is 431 Å². The van der Waals surface area contributed by atoms with Gasteiger partial charge in [0.15, 0.2) is 11.6 Å². The van der Waals surface area contributed by atoms with Crippen LogP contribution in [0.2, 0.25) is 0 Å². The molecule has 0 aliphatic heterocycles. The van der Waals surface area contributed by atoms with Crippen LogP contribution < -0.4 is 0 Å². The summed E-state index contributed by atoms with van der Waals surface area (Å²) in [4.78, 5) is 16.4. The van der Waals surface area contributed by atoms with Crippen LogP contribution in [-0.2, 0) is 5.41 Å². The van der Waals surface area contributed by atoms with Crippen LogP contribution >= 0.6 is 0 Å². The number of para-hydroxylation sites is 2. The highest BCUT2D eigenvalue weighted by molar-refractivity contribution is 6.28. The average Bonchev–Trinajstić information content (AvgIpc) is 4.15. The van der Waals surface area contributed by atoms with Crippen molar-refractivity contribution in [1.82, 2.24) is 24.1 Å². The van der Waals surface area contributed by atoms with Gasteiger partial charge in [0.25, 0.3) is 0 Å². The van der Waals surface area contributed by atoms with E-state index in [1.807, 2.05) is 18.2 Å². The van der Waals surface area contributed by atoms with Gasteiger partial charge in [0.1, 0.15) is 0 Å². The van der Waals surface area contributed by atoms with Crippen molar-refractivity contribution in [3.8, 4) is 45.5 Å². The van der Waals surface area contributed by atoms with Gasteiger partial charge in [-0.15, -0.1) is 0 Å². The highest BCUT2D eigenvalue weighted by Gasteiger charge is 2.46. The van der Waals surface area contributed by atoms with Crippen LogP contribution in [0, 0.1) is 0 Å². The molecule has 0 saturated carbocycles. The third-order valence-corrected chi connectivity index (χ3v) is 16.0. The van der Waals surface area contributed by atoms with Crippen molar-refractivity contribution in [3.05, 3.63) is 283 Å². The Kier molecular flexibility index (Phi) is 8.89. The van der Waals surface area contributed by atoms with E-state index in [1.165, 1.54) is 76.5 Å². The Hall–Kier alpha value is -9.97. The van der Waals surface area contributed by atoms with E-state index in [0.717, 1.165) is 49.7 Å². The minimum atomic E-state index is -0.578. The zero-order valence-corrected chi connectivity index (χ0v) is 40.6. The summed E-state index contributed by atoms with van der Waals surface area (Å²) in [6, 6.07) is 94.6. The first-order valence-corrected chi connectivity index (χ1v) is 25.7. The van der Waals surface area contributed by atoms with Crippen LogP contribution in [0.15, 0.2) is 261 Å².